The first-order valence-electron chi connectivity index (χ1n) is 5.71. The van der Waals surface area contributed by atoms with Crippen molar-refractivity contribution in [2.24, 2.45) is 0 Å². The van der Waals surface area contributed by atoms with Gasteiger partial charge in [-0.2, -0.15) is 0 Å². The molecule has 5 nitrogen and oxygen atoms in total. The lowest BCUT2D eigenvalue weighted by molar-refractivity contribution is -0.145. The SMILES string of the molecule is CCOC(=O)COc1ccc(OCC)cc1C=O. The molecule has 18 heavy (non-hydrogen) atoms. The zero-order valence-corrected chi connectivity index (χ0v) is 10.5. The molecule has 1 rings (SSSR count). The number of aldehydes is 1. The summed E-state index contributed by atoms with van der Waals surface area (Å²) in [7, 11) is 0. The zero-order chi connectivity index (χ0) is 13.4. The van der Waals surface area contributed by atoms with Gasteiger partial charge in [0, 0.05) is 0 Å². The standard InChI is InChI=1S/C13H16O5/c1-3-16-11-5-6-12(10(7-11)8-14)18-9-13(15)17-4-2/h5-8H,3-4,9H2,1-2H3. The maximum absolute atomic E-state index is 11.1. The molecule has 0 bridgehead atoms. The molecular weight excluding hydrogens is 236 g/mol. The summed E-state index contributed by atoms with van der Waals surface area (Å²) >= 11 is 0. The highest BCUT2D eigenvalue weighted by atomic mass is 16.6. The predicted molar refractivity (Wildman–Crippen MR) is 65.1 cm³/mol. The Morgan fingerprint density at radius 1 is 1.22 bits per heavy atom. The Balaban J connectivity index is 2.70. The number of benzene rings is 1. The van der Waals surface area contributed by atoms with Gasteiger partial charge in [-0.1, -0.05) is 0 Å². The van der Waals surface area contributed by atoms with Crippen molar-refractivity contribution in [2.75, 3.05) is 19.8 Å². The normalized spacial score (nSPS) is 9.67. The minimum Gasteiger partial charge on any atom is -0.494 e. The van der Waals surface area contributed by atoms with Gasteiger partial charge in [-0.3, -0.25) is 4.79 Å². The van der Waals surface area contributed by atoms with Crippen molar-refractivity contribution in [1.29, 1.82) is 0 Å². The van der Waals surface area contributed by atoms with Crippen LogP contribution in [0.3, 0.4) is 0 Å². The third-order valence-corrected chi connectivity index (χ3v) is 2.07. The molecule has 1 aromatic rings. The molecule has 0 spiro atoms. The lowest BCUT2D eigenvalue weighted by atomic mass is 10.2. The van der Waals surface area contributed by atoms with Crippen LogP contribution in [-0.2, 0) is 9.53 Å². The van der Waals surface area contributed by atoms with Crippen molar-refractivity contribution in [2.45, 2.75) is 13.8 Å². The number of esters is 1. The molecule has 5 heteroatoms. The summed E-state index contributed by atoms with van der Waals surface area (Å²) in [6.07, 6.45) is 0.656. The second kappa shape index (κ2) is 7.32. The summed E-state index contributed by atoms with van der Waals surface area (Å²) < 4.78 is 15.2. The van der Waals surface area contributed by atoms with E-state index < -0.39 is 5.97 Å². The zero-order valence-electron chi connectivity index (χ0n) is 10.5. The third kappa shape index (κ3) is 4.08. The number of hydrogen-bond donors (Lipinski definition) is 0. The Morgan fingerprint density at radius 2 is 2.00 bits per heavy atom. The van der Waals surface area contributed by atoms with Crippen LogP contribution < -0.4 is 9.47 Å². The molecule has 0 radical (unpaired) electrons. The van der Waals surface area contributed by atoms with Crippen LogP contribution in [0.2, 0.25) is 0 Å². The van der Waals surface area contributed by atoms with Crippen molar-refractivity contribution < 1.29 is 23.8 Å². The minimum atomic E-state index is -0.469. The van der Waals surface area contributed by atoms with E-state index in [1.165, 1.54) is 0 Å². The molecule has 0 aliphatic rings. The second-order valence-electron chi connectivity index (χ2n) is 3.34. The molecule has 0 fully saturated rings. The molecule has 0 aromatic heterocycles. The van der Waals surface area contributed by atoms with Gasteiger partial charge in [0.05, 0.1) is 18.8 Å². The van der Waals surface area contributed by atoms with Crippen LogP contribution >= 0.6 is 0 Å². The molecule has 1 aromatic carbocycles. The highest BCUT2D eigenvalue weighted by Gasteiger charge is 2.08. The monoisotopic (exact) mass is 252 g/mol. The molecule has 0 saturated carbocycles. The summed E-state index contributed by atoms with van der Waals surface area (Å²) in [6, 6.07) is 4.84. The molecule has 0 amide bonds. The second-order valence-corrected chi connectivity index (χ2v) is 3.34. The first-order valence-corrected chi connectivity index (χ1v) is 5.71. The molecule has 0 aliphatic heterocycles. The van der Waals surface area contributed by atoms with Gasteiger partial charge in [0.25, 0.3) is 0 Å². The Hall–Kier alpha value is -2.04. The largest absolute Gasteiger partial charge is 0.494 e. The minimum absolute atomic E-state index is 0.220. The third-order valence-electron chi connectivity index (χ3n) is 2.07. The molecule has 0 saturated heterocycles. The molecule has 0 N–H and O–H groups in total. The number of hydrogen-bond acceptors (Lipinski definition) is 5. The van der Waals surface area contributed by atoms with Crippen molar-refractivity contribution in [1.82, 2.24) is 0 Å². The van der Waals surface area contributed by atoms with E-state index in [1.54, 1.807) is 25.1 Å². The van der Waals surface area contributed by atoms with Crippen molar-refractivity contribution in [3.05, 3.63) is 23.8 Å². The van der Waals surface area contributed by atoms with Crippen LogP contribution in [0, 0.1) is 0 Å². The maximum Gasteiger partial charge on any atom is 0.344 e. The molecule has 0 aliphatic carbocycles. The maximum atomic E-state index is 11.1. The van der Waals surface area contributed by atoms with Crippen LogP contribution in [0.25, 0.3) is 0 Å². The van der Waals surface area contributed by atoms with Crippen molar-refractivity contribution in [3.8, 4) is 11.5 Å². The molecule has 0 atom stereocenters. The van der Waals surface area contributed by atoms with E-state index in [0.29, 0.717) is 36.6 Å². The van der Waals surface area contributed by atoms with Crippen LogP contribution in [0.5, 0.6) is 11.5 Å². The molecular formula is C13H16O5. The van der Waals surface area contributed by atoms with Gasteiger partial charge < -0.3 is 14.2 Å². The first kappa shape index (κ1) is 14.0. The van der Waals surface area contributed by atoms with Crippen molar-refractivity contribution >= 4 is 12.3 Å². The Labute approximate surface area is 106 Å². The first-order chi connectivity index (χ1) is 8.71. The molecule has 0 unspecified atom stereocenters. The van der Waals surface area contributed by atoms with Crippen LogP contribution in [0.4, 0.5) is 0 Å². The fourth-order valence-corrected chi connectivity index (χ4v) is 1.35. The summed E-state index contributed by atoms with van der Waals surface area (Å²) in [6.45, 7) is 4.16. The van der Waals surface area contributed by atoms with Gasteiger partial charge in [0.2, 0.25) is 0 Å². The van der Waals surface area contributed by atoms with Crippen LogP contribution in [0.15, 0.2) is 18.2 Å². The summed E-state index contributed by atoms with van der Waals surface area (Å²) in [5.74, 6) is 0.452. The molecule has 0 heterocycles. The lowest BCUT2D eigenvalue weighted by Crippen LogP contribution is -2.15. The van der Waals surface area contributed by atoms with Gasteiger partial charge >= 0.3 is 5.97 Å². The number of carbonyl (C=O) groups is 2. The van der Waals surface area contributed by atoms with E-state index in [4.69, 9.17) is 14.2 Å². The van der Waals surface area contributed by atoms with Gasteiger partial charge in [0.15, 0.2) is 12.9 Å². The molecule has 98 valence electrons. The van der Waals surface area contributed by atoms with E-state index in [-0.39, 0.29) is 6.61 Å². The average Bonchev–Trinajstić information content (AvgIpc) is 2.37. The highest BCUT2D eigenvalue weighted by Crippen LogP contribution is 2.22. The number of carbonyl (C=O) groups excluding carboxylic acids is 2. The van der Waals surface area contributed by atoms with Crippen molar-refractivity contribution in [3.63, 3.8) is 0 Å². The highest BCUT2D eigenvalue weighted by molar-refractivity contribution is 5.80. The summed E-state index contributed by atoms with van der Waals surface area (Å²) in [4.78, 5) is 22.0. The van der Waals surface area contributed by atoms with E-state index >= 15 is 0 Å². The number of ether oxygens (including phenoxy) is 3. The fraction of sp³-hybridized carbons (Fsp3) is 0.385. The van der Waals surface area contributed by atoms with E-state index in [9.17, 15) is 9.59 Å². The van der Waals surface area contributed by atoms with Crippen LogP contribution in [-0.4, -0.2) is 32.1 Å². The van der Waals surface area contributed by atoms with E-state index in [0.717, 1.165) is 0 Å². The Kier molecular flexibility index (Phi) is 5.70. The number of rotatable bonds is 7. The van der Waals surface area contributed by atoms with Gasteiger partial charge in [-0.15, -0.1) is 0 Å². The average molecular weight is 252 g/mol. The van der Waals surface area contributed by atoms with Gasteiger partial charge in [-0.25, -0.2) is 4.79 Å². The summed E-state index contributed by atoms with van der Waals surface area (Å²) in [5, 5.41) is 0. The Bertz CT molecular complexity index is 414. The fourth-order valence-electron chi connectivity index (χ4n) is 1.35. The summed E-state index contributed by atoms with van der Waals surface area (Å²) in [5.41, 5.74) is 0.338. The predicted octanol–water partition coefficient (Wildman–Crippen LogP) is 1.84. The Morgan fingerprint density at radius 3 is 2.61 bits per heavy atom. The van der Waals surface area contributed by atoms with E-state index in [2.05, 4.69) is 0 Å². The quantitative estimate of drug-likeness (QED) is 0.547. The topological polar surface area (TPSA) is 61.8 Å². The van der Waals surface area contributed by atoms with Crippen LogP contribution in [0.1, 0.15) is 24.2 Å². The van der Waals surface area contributed by atoms with Gasteiger partial charge in [0.1, 0.15) is 11.5 Å². The lowest BCUT2D eigenvalue weighted by Gasteiger charge is -2.09. The van der Waals surface area contributed by atoms with Gasteiger partial charge in [-0.05, 0) is 32.0 Å². The van der Waals surface area contributed by atoms with E-state index in [1.807, 2.05) is 6.92 Å². The smallest absolute Gasteiger partial charge is 0.344 e.